The first kappa shape index (κ1) is 23.4. The van der Waals surface area contributed by atoms with Crippen LogP contribution in [-0.2, 0) is 0 Å². The van der Waals surface area contributed by atoms with E-state index < -0.39 is 11.9 Å². The van der Waals surface area contributed by atoms with Crippen LogP contribution < -0.4 is 25.1 Å². The molecule has 1 heterocycles. The molecular weight excluding hydrogens is 452 g/mol. The van der Waals surface area contributed by atoms with E-state index in [1.54, 1.807) is 42.5 Å². The fourth-order valence-corrected chi connectivity index (χ4v) is 3.42. The Labute approximate surface area is 200 Å². The SMILES string of the molecule is COc1ccc(NC(=O)c2cc3cccc(OC)c3oc2=Nc2ccc(C(=O)O)cc2)c(OC)c1. The number of anilines is 1. The van der Waals surface area contributed by atoms with Crippen molar-refractivity contribution in [2.24, 2.45) is 4.99 Å². The van der Waals surface area contributed by atoms with Crippen LogP contribution in [0.5, 0.6) is 17.2 Å². The number of nitrogens with one attached hydrogen (secondary N) is 1. The highest BCUT2D eigenvalue weighted by molar-refractivity contribution is 6.06. The lowest BCUT2D eigenvalue weighted by Crippen LogP contribution is -2.22. The van der Waals surface area contributed by atoms with Gasteiger partial charge in [0.1, 0.15) is 17.1 Å². The summed E-state index contributed by atoms with van der Waals surface area (Å²) in [5.74, 6) is -0.0648. The molecule has 9 nitrogen and oxygen atoms in total. The number of aromatic carboxylic acids is 1. The van der Waals surface area contributed by atoms with E-state index in [0.717, 1.165) is 0 Å². The third-order valence-corrected chi connectivity index (χ3v) is 5.20. The summed E-state index contributed by atoms with van der Waals surface area (Å²) in [6.07, 6.45) is 0. The van der Waals surface area contributed by atoms with E-state index in [1.165, 1.54) is 45.6 Å². The smallest absolute Gasteiger partial charge is 0.335 e. The van der Waals surface area contributed by atoms with Crippen LogP contribution in [0.25, 0.3) is 11.0 Å². The van der Waals surface area contributed by atoms with Gasteiger partial charge < -0.3 is 29.1 Å². The van der Waals surface area contributed by atoms with E-state index in [4.69, 9.17) is 23.7 Å². The Morgan fingerprint density at radius 1 is 0.886 bits per heavy atom. The third-order valence-electron chi connectivity index (χ3n) is 5.20. The molecule has 0 unspecified atom stereocenters. The van der Waals surface area contributed by atoms with Gasteiger partial charge in [-0.2, -0.15) is 0 Å². The van der Waals surface area contributed by atoms with Gasteiger partial charge >= 0.3 is 5.97 Å². The maximum atomic E-state index is 13.4. The topological polar surface area (TPSA) is 120 Å². The van der Waals surface area contributed by atoms with Gasteiger partial charge in [-0.25, -0.2) is 9.79 Å². The molecule has 1 amide bonds. The first-order chi connectivity index (χ1) is 16.9. The molecule has 1 aromatic heterocycles. The zero-order valence-corrected chi connectivity index (χ0v) is 19.2. The number of carboxylic acid groups (broad SMARTS) is 1. The van der Waals surface area contributed by atoms with Gasteiger partial charge in [-0.1, -0.05) is 12.1 Å². The second-order valence-electron chi connectivity index (χ2n) is 7.33. The van der Waals surface area contributed by atoms with Crippen molar-refractivity contribution in [2.75, 3.05) is 26.6 Å². The third kappa shape index (κ3) is 4.93. The van der Waals surface area contributed by atoms with Gasteiger partial charge in [0, 0.05) is 11.5 Å². The Bertz CT molecular complexity index is 1470. The molecule has 4 aromatic rings. The van der Waals surface area contributed by atoms with Crippen LogP contribution in [0.2, 0.25) is 0 Å². The van der Waals surface area contributed by atoms with Crippen molar-refractivity contribution in [3.05, 3.63) is 83.4 Å². The number of hydrogen-bond donors (Lipinski definition) is 2. The fraction of sp³-hybridized carbons (Fsp3) is 0.115. The van der Waals surface area contributed by atoms with Gasteiger partial charge in [-0.15, -0.1) is 0 Å². The van der Waals surface area contributed by atoms with Crippen LogP contribution in [0.15, 0.2) is 76.1 Å². The Hall–Kier alpha value is -4.79. The summed E-state index contributed by atoms with van der Waals surface area (Å²) < 4.78 is 22.0. The van der Waals surface area contributed by atoms with Gasteiger partial charge in [0.05, 0.1) is 38.3 Å². The summed E-state index contributed by atoms with van der Waals surface area (Å²) in [5, 5.41) is 12.6. The highest BCUT2D eigenvalue weighted by atomic mass is 16.5. The summed E-state index contributed by atoms with van der Waals surface area (Å²) >= 11 is 0. The lowest BCUT2D eigenvalue weighted by molar-refractivity contribution is 0.0696. The molecule has 0 bridgehead atoms. The van der Waals surface area contributed by atoms with Crippen molar-refractivity contribution in [3.8, 4) is 17.2 Å². The van der Waals surface area contributed by atoms with Crippen molar-refractivity contribution in [1.29, 1.82) is 0 Å². The number of rotatable bonds is 7. The summed E-state index contributed by atoms with van der Waals surface area (Å²) in [6.45, 7) is 0. The molecule has 0 radical (unpaired) electrons. The lowest BCUT2D eigenvalue weighted by Gasteiger charge is -2.12. The van der Waals surface area contributed by atoms with E-state index in [1.807, 2.05) is 0 Å². The van der Waals surface area contributed by atoms with Crippen molar-refractivity contribution < 1.29 is 33.3 Å². The van der Waals surface area contributed by atoms with Gasteiger partial charge in [0.2, 0.25) is 5.55 Å². The zero-order chi connectivity index (χ0) is 24.9. The van der Waals surface area contributed by atoms with Crippen LogP contribution in [0.1, 0.15) is 20.7 Å². The molecule has 35 heavy (non-hydrogen) atoms. The highest BCUT2D eigenvalue weighted by Crippen LogP contribution is 2.30. The summed E-state index contributed by atoms with van der Waals surface area (Å²) in [4.78, 5) is 29.0. The normalized spacial score (nSPS) is 11.2. The molecule has 0 aliphatic heterocycles. The number of fused-ring (bicyclic) bond motifs is 1. The average molecular weight is 474 g/mol. The Morgan fingerprint density at radius 2 is 1.63 bits per heavy atom. The number of hydrogen-bond acceptors (Lipinski definition) is 7. The minimum atomic E-state index is -1.05. The molecule has 3 aromatic carbocycles. The first-order valence-electron chi connectivity index (χ1n) is 10.5. The van der Waals surface area contributed by atoms with Gasteiger partial charge in [-0.3, -0.25) is 4.79 Å². The van der Waals surface area contributed by atoms with Crippen LogP contribution in [0.3, 0.4) is 0 Å². The number of methoxy groups -OCH3 is 3. The van der Waals surface area contributed by atoms with E-state index in [0.29, 0.717) is 39.6 Å². The predicted octanol–water partition coefficient (Wildman–Crippen LogP) is 4.64. The van der Waals surface area contributed by atoms with Crippen LogP contribution >= 0.6 is 0 Å². The minimum absolute atomic E-state index is 0.0232. The monoisotopic (exact) mass is 474 g/mol. The number of benzene rings is 3. The molecule has 0 saturated carbocycles. The molecule has 0 aliphatic rings. The van der Waals surface area contributed by atoms with Crippen LogP contribution in [0.4, 0.5) is 11.4 Å². The lowest BCUT2D eigenvalue weighted by atomic mass is 10.1. The number of para-hydroxylation sites is 1. The molecule has 0 fully saturated rings. The molecule has 178 valence electrons. The molecule has 0 atom stereocenters. The van der Waals surface area contributed by atoms with E-state index in [9.17, 15) is 9.59 Å². The number of nitrogens with zero attached hydrogens (tertiary/aromatic N) is 1. The zero-order valence-electron chi connectivity index (χ0n) is 19.2. The maximum absolute atomic E-state index is 13.4. The van der Waals surface area contributed by atoms with E-state index in [-0.39, 0.29) is 16.7 Å². The van der Waals surface area contributed by atoms with Crippen LogP contribution in [-0.4, -0.2) is 38.3 Å². The molecule has 0 spiro atoms. The molecule has 2 N–H and O–H groups in total. The van der Waals surface area contributed by atoms with Gasteiger partial charge in [0.25, 0.3) is 5.91 Å². The number of carbonyl (C=O) groups excluding carboxylic acids is 1. The average Bonchev–Trinajstić information content (AvgIpc) is 2.88. The second-order valence-corrected chi connectivity index (χ2v) is 7.33. The Morgan fingerprint density at radius 3 is 2.29 bits per heavy atom. The molecular formula is C26H22N2O7. The molecule has 9 heteroatoms. The summed E-state index contributed by atoms with van der Waals surface area (Å²) in [6, 6.07) is 17.9. The molecule has 4 rings (SSSR count). The number of ether oxygens (including phenoxy) is 3. The first-order valence-corrected chi connectivity index (χ1v) is 10.5. The number of carbonyl (C=O) groups is 2. The Balaban J connectivity index is 1.84. The number of carboxylic acids is 1. The standard InChI is InChI=1S/C26H22N2O7/c1-32-18-11-12-20(22(14-18)34-3)28-24(29)19-13-16-5-4-6-21(33-2)23(16)35-25(19)27-17-9-7-15(8-10-17)26(30)31/h4-14H,1-3H3,(H,28,29)(H,30,31). The van der Waals surface area contributed by atoms with Crippen molar-refractivity contribution in [2.45, 2.75) is 0 Å². The Kier molecular flexibility index (Phi) is 6.68. The van der Waals surface area contributed by atoms with E-state index in [2.05, 4.69) is 10.3 Å². The largest absolute Gasteiger partial charge is 0.497 e. The quantitative estimate of drug-likeness (QED) is 0.400. The summed E-state index contributed by atoms with van der Waals surface area (Å²) in [7, 11) is 4.54. The van der Waals surface area contributed by atoms with Crippen molar-refractivity contribution in [1.82, 2.24) is 0 Å². The van der Waals surface area contributed by atoms with Crippen molar-refractivity contribution in [3.63, 3.8) is 0 Å². The molecule has 0 aliphatic carbocycles. The van der Waals surface area contributed by atoms with Gasteiger partial charge in [-0.05, 0) is 48.5 Å². The fourth-order valence-electron chi connectivity index (χ4n) is 3.42. The van der Waals surface area contributed by atoms with Crippen LogP contribution in [0, 0.1) is 0 Å². The minimum Gasteiger partial charge on any atom is -0.497 e. The summed E-state index contributed by atoms with van der Waals surface area (Å²) in [5.41, 5.74) is 1.55. The predicted molar refractivity (Wildman–Crippen MR) is 129 cm³/mol. The van der Waals surface area contributed by atoms with E-state index >= 15 is 0 Å². The second kappa shape index (κ2) is 10.0. The van der Waals surface area contributed by atoms with Crippen molar-refractivity contribution >= 4 is 34.2 Å². The molecule has 0 saturated heterocycles. The maximum Gasteiger partial charge on any atom is 0.335 e. The van der Waals surface area contributed by atoms with Gasteiger partial charge in [0.15, 0.2) is 11.3 Å². The number of amides is 1. The highest BCUT2D eigenvalue weighted by Gasteiger charge is 2.17.